The average molecular weight is 413 g/mol. The molecule has 3 rings (SSSR count). The summed E-state index contributed by atoms with van der Waals surface area (Å²) in [6.07, 6.45) is 1.89. The Kier molecular flexibility index (Phi) is 7.45. The molecule has 0 radical (unpaired) electrons. The second-order valence-electron chi connectivity index (χ2n) is 6.67. The van der Waals surface area contributed by atoms with E-state index in [4.69, 9.17) is 14.2 Å². The Labute approximate surface area is 182 Å². The molecule has 156 valence electrons. The van der Waals surface area contributed by atoms with Gasteiger partial charge in [-0.15, -0.1) is 0 Å². The third-order valence-electron chi connectivity index (χ3n) is 4.50. The van der Waals surface area contributed by atoms with Crippen LogP contribution >= 0.6 is 0 Å². The summed E-state index contributed by atoms with van der Waals surface area (Å²) in [5, 5.41) is 9.62. The van der Waals surface area contributed by atoms with Gasteiger partial charge >= 0.3 is 5.97 Å². The summed E-state index contributed by atoms with van der Waals surface area (Å²) < 4.78 is 16.3. The molecule has 0 fully saturated rings. The number of methoxy groups -OCH3 is 1. The van der Waals surface area contributed by atoms with Crippen molar-refractivity contribution in [2.75, 3.05) is 13.7 Å². The third kappa shape index (κ3) is 5.97. The SMILES string of the molecule is CCOc1ccc(CC(=O)Oc2cccc(/C=C(/C#N)c3ccccc3OC)c2)cc1. The van der Waals surface area contributed by atoms with Gasteiger partial charge in [0.15, 0.2) is 0 Å². The molecule has 0 unspecified atom stereocenters. The first kappa shape index (κ1) is 21.7. The highest BCUT2D eigenvalue weighted by Crippen LogP contribution is 2.27. The van der Waals surface area contributed by atoms with E-state index >= 15 is 0 Å². The quantitative estimate of drug-likeness (QED) is 0.217. The highest BCUT2D eigenvalue weighted by Gasteiger charge is 2.10. The van der Waals surface area contributed by atoms with E-state index in [1.54, 1.807) is 37.5 Å². The summed E-state index contributed by atoms with van der Waals surface area (Å²) in [5.74, 6) is 1.44. The normalized spacial score (nSPS) is 10.8. The number of hydrogen-bond donors (Lipinski definition) is 0. The molecule has 0 aliphatic rings. The van der Waals surface area contributed by atoms with Crippen molar-refractivity contribution in [1.82, 2.24) is 0 Å². The van der Waals surface area contributed by atoms with Crippen LogP contribution in [-0.4, -0.2) is 19.7 Å². The zero-order chi connectivity index (χ0) is 22.1. The molecule has 0 spiro atoms. The van der Waals surface area contributed by atoms with E-state index < -0.39 is 0 Å². The lowest BCUT2D eigenvalue weighted by molar-refractivity contribution is -0.133. The molecule has 0 N–H and O–H groups in total. The van der Waals surface area contributed by atoms with Crippen LogP contribution in [-0.2, 0) is 11.2 Å². The van der Waals surface area contributed by atoms with Crippen LogP contribution in [0, 0.1) is 11.3 Å². The number of allylic oxidation sites excluding steroid dienone is 1. The van der Waals surface area contributed by atoms with E-state index in [0.717, 1.165) is 16.9 Å². The van der Waals surface area contributed by atoms with Crippen molar-refractivity contribution in [3.05, 3.63) is 89.5 Å². The van der Waals surface area contributed by atoms with Gasteiger partial charge in [0.05, 0.1) is 31.8 Å². The molecular weight excluding hydrogens is 390 g/mol. The summed E-state index contributed by atoms with van der Waals surface area (Å²) in [6.45, 7) is 2.52. The monoisotopic (exact) mass is 413 g/mol. The van der Waals surface area contributed by atoms with Crippen LogP contribution in [0.4, 0.5) is 0 Å². The summed E-state index contributed by atoms with van der Waals surface area (Å²) in [7, 11) is 1.57. The molecule has 5 nitrogen and oxygen atoms in total. The zero-order valence-corrected chi connectivity index (χ0v) is 17.5. The molecule has 0 saturated heterocycles. The lowest BCUT2D eigenvalue weighted by Crippen LogP contribution is -2.11. The molecule has 31 heavy (non-hydrogen) atoms. The van der Waals surface area contributed by atoms with Gasteiger partial charge in [-0.3, -0.25) is 4.79 Å². The van der Waals surface area contributed by atoms with Crippen LogP contribution in [0.25, 0.3) is 11.6 Å². The average Bonchev–Trinajstić information content (AvgIpc) is 2.79. The lowest BCUT2D eigenvalue weighted by atomic mass is 10.0. The predicted molar refractivity (Wildman–Crippen MR) is 120 cm³/mol. The first-order valence-corrected chi connectivity index (χ1v) is 9.90. The highest BCUT2D eigenvalue weighted by molar-refractivity contribution is 5.91. The number of benzene rings is 3. The van der Waals surface area contributed by atoms with Crippen LogP contribution < -0.4 is 14.2 Å². The minimum absolute atomic E-state index is 0.150. The summed E-state index contributed by atoms with van der Waals surface area (Å²) in [4.78, 5) is 12.3. The Morgan fingerprint density at radius 1 is 1.00 bits per heavy atom. The van der Waals surface area contributed by atoms with E-state index in [2.05, 4.69) is 6.07 Å². The number of nitrogens with zero attached hydrogens (tertiary/aromatic N) is 1. The van der Waals surface area contributed by atoms with Gasteiger partial charge in [0.1, 0.15) is 17.2 Å². The number of nitriles is 1. The molecular formula is C26H23NO4. The molecule has 0 aliphatic heterocycles. The molecule has 0 aliphatic carbocycles. The zero-order valence-electron chi connectivity index (χ0n) is 17.5. The van der Waals surface area contributed by atoms with Gasteiger partial charge < -0.3 is 14.2 Å². The van der Waals surface area contributed by atoms with E-state index in [0.29, 0.717) is 29.2 Å². The highest BCUT2D eigenvalue weighted by atomic mass is 16.5. The first-order valence-electron chi connectivity index (χ1n) is 9.90. The molecule has 0 amide bonds. The van der Waals surface area contributed by atoms with Crippen molar-refractivity contribution in [3.63, 3.8) is 0 Å². The molecule has 0 atom stereocenters. The van der Waals surface area contributed by atoms with Crippen LogP contribution in [0.1, 0.15) is 23.6 Å². The summed E-state index contributed by atoms with van der Waals surface area (Å²) in [5.41, 5.74) is 2.74. The fourth-order valence-corrected chi connectivity index (χ4v) is 3.08. The van der Waals surface area contributed by atoms with Crippen molar-refractivity contribution in [2.45, 2.75) is 13.3 Å². The van der Waals surface area contributed by atoms with Crippen molar-refractivity contribution in [2.24, 2.45) is 0 Å². The molecule has 0 saturated carbocycles. The first-order chi connectivity index (χ1) is 15.1. The topological polar surface area (TPSA) is 68.5 Å². The smallest absolute Gasteiger partial charge is 0.315 e. The predicted octanol–water partition coefficient (Wildman–Crippen LogP) is 5.31. The van der Waals surface area contributed by atoms with Gasteiger partial charge in [0.25, 0.3) is 0 Å². The van der Waals surface area contributed by atoms with Gasteiger partial charge in [-0.2, -0.15) is 5.26 Å². The number of para-hydroxylation sites is 1. The van der Waals surface area contributed by atoms with Crippen LogP contribution in [0.2, 0.25) is 0 Å². The fraction of sp³-hybridized carbons (Fsp3) is 0.154. The maximum atomic E-state index is 12.3. The Bertz CT molecular complexity index is 1110. The minimum Gasteiger partial charge on any atom is -0.496 e. The van der Waals surface area contributed by atoms with Crippen molar-refractivity contribution in [1.29, 1.82) is 5.26 Å². The van der Waals surface area contributed by atoms with Crippen LogP contribution in [0.15, 0.2) is 72.8 Å². The van der Waals surface area contributed by atoms with E-state index in [9.17, 15) is 10.1 Å². The lowest BCUT2D eigenvalue weighted by Gasteiger charge is -2.08. The summed E-state index contributed by atoms with van der Waals surface area (Å²) >= 11 is 0. The van der Waals surface area contributed by atoms with Crippen LogP contribution in [0.3, 0.4) is 0 Å². The second-order valence-corrected chi connectivity index (χ2v) is 6.67. The van der Waals surface area contributed by atoms with E-state index in [-0.39, 0.29) is 12.4 Å². The molecule has 0 bridgehead atoms. The van der Waals surface area contributed by atoms with Crippen molar-refractivity contribution in [3.8, 4) is 23.3 Å². The van der Waals surface area contributed by atoms with Gasteiger partial charge in [0.2, 0.25) is 0 Å². The van der Waals surface area contributed by atoms with Gasteiger partial charge in [-0.05, 0) is 60.5 Å². The van der Waals surface area contributed by atoms with Gasteiger partial charge in [-0.25, -0.2) is 0 Å². The molecule has 0 heterocycles. The Hall–Kier alpha value is -4.04. The number of rotatable bonds is 8. The second kappa shape index (κ2) is 10.7. The Morgan fingerprint density at radius 3 is 2.48 bits per heavy atom. The van der Waals surface area contributed by atoms with Crippen molar-refractivity contribution < 1.29 is 19.0 Å². The number of carbonyl (C=O) groups is 1. The van der Waals surface area contributed by atoms with Crippen molar-refractivity contribution >= 4 is 17.6 Å². The van der Waals surface area contributed by atoms with Crippen LogP contribution in [0.5, 0.6) is 17.2 Å². The standard InChI is InChI=1S/C26H23NO4/c1-3-30-22-13-11-19(12-14-22)17-26(28)31-23-8-6-7-20(16-23)15-21(18-27)24-9-4-5-10-25(24)29-2/h4-16H,3,17H2,1-2H3/b21-15-. The maximum Gasteiger partial charge on any atom is 0.315 e. The molecule has 3 aromatic rings. The Morgan fingerprint density at radius 2 is 1.77 bits per heavy atom. The third-order valence-corrected chi connectivity index (χ3v) is 4.50. The van der Waals surface area contributed by atoms with Gasteiger partial charge in [-0.1, -0.05) is 36.4 Å². The number of ether oxygens (including phenoxy) is 3. The maximum absolute atomic E-state index is 12.3. The number of carbonyl (C=O) groups excluding carboxylic acids is 1. The number of hydrogen-bond acceptors (Lipinski definition) is 5. The number of esters is 1. The van der Waals surface area contributed by atoms with E-state index in [1.165, 1.54) is 0 Å². The molecule has 5 heteroatoms. The molecule has 3 aromatic carbocycles. The largest absolute Gasteiger partial charge is 0.496 e. The Balaban J connectivity index is 1.73. The fourth-order valence-electron chi connectivity index (χ4n) is 3.08. The summed E-state index contributed by atoms with van der Waals surface area (Å²) in [6, 6.07) is 24.0. The van der Waals surface area contributed by atoms with E-state index in [1.807, 2.05) is 55.5 Å². The minimum atomic E-state index is -0.365. The van der Waals surface area contributed by atoms with Gasteiger partial charge in [0, 0.05) is 5.56 Å². The molecule has 0 aromatic heterocycles.